The first-order chi connectivity index (χ1) is 8.94. The highest BCUT2D eigenvalue weighted by atomic mass is 19.3. The lowest BCUT2D eigenvalue weighted by Crippen LogP contribution is -2.45. The number of benzene rings is 1. The largest absolute Gasteiger partial charge is 0.348 e. The fourth-order valence-corrected chi connectivity index (χ4v) is 1.21. The lowest BCUT2D eigenvalue weighted by molar-refractivity contribution is -0.121. The van der Waals surface area contributed by atoms with E-state index >= 15 is 0 Å². The molecule has 0 aliphatic carbocycles. The van der Waals surface area contributed by atoms with E-state index in [2.05, 4.69) is 5.32 Å². The average Bonchev–Trinajstić information content (AvgIpc) is 2.43. The van der Waals surface area contributed by atoms with Crippen LogP contribution in [0.25, 0.3) is 0 Å². The number of nitrogens with two attached hydrogens (primary N) is 1. The zero-order valence-electron chi connectivity index (χ0n) is 10.2. The molecule has 0 saturated heterocycles. The van der Waals surface area contributed by atoms with E-state index in [-0.39, 0.29) is 6.54 Å². The maximum atomic E-state index is 12.7. The minimum Gasteiger partial charge on any atom is -0.348 e. The minimum atomic E-state index is -3.14. The number of halogens is 2. The number of carbonyl (C=O) groups is 2. The summed E-state index contributed by atoms with van der Waals surface area (Å²) < 4.78 is 25.5. The topological polar surface area (TPSA) is 84.2 Å². The third-order valence-electron chi connectivity index (χ3n) is 2.29. The van der Waals surface area contributed by atoms with Gasteiger partial charge in [0.05, 0.1) is 19.6 Å². The molecular weight excluding hydrogens is 256 g/mol. The highest BCUT2D eigenvalue weighted by molar-refractivity contribution is 5.96. The maximum absolute atomic E-state index is 12.7. The molecule has 7 heteroatoms. The number of rotatable bonds is 6. The van der Waals surface area contributed by atoms with Crippen LogP contribution in [-0.2, 0) is 4.79 Å². The Bertz CT molecular complexity index is 438. The Morgan fingerprint density at radius 1 is 1.16 bits per heavy atom. The summed E-state index contributed by atoms with van der Waals surface area (Å²) in [5.74, 6) is -4.28. The van der Waals surface area contributed by atoms with E-state index in [0.29, 0.717) is 5.56 Å². The van der Waals surface area contributed by atoms with Gasteiger partial charge in [0, 0.05) is 5.56 Å². The standard InChI is InChI=1S/C12H15F2N3O2/c13-12(14,7-15)8-17-10(18)6-16-11(19)9-4-2-1-3-5-9/h1-5H,6-8,15H2,(H,16,19)(H,17,18). The van der Waals surface area contributed by atoms with Crippen molar-refractivity contribution in [1.82, 2.24) is 10.6 Å². The summed E-state index contributed by atoms with van der Waals surface area (Å²) in [4.78, 5) is 22.8. The number of carbonyl (C=O) groups excluding carboxylic acids is 2. The zero-order valence-corrected chi connectivity index (χ0v) is 10.2. The van der Waals surface area contributed by atoms with Gasteiger partial charge in [0.2, 0.25) is 5.91 Å². The van der Waals surface area contributed by atoms with Crippen molar-refractivity contribution in [2.45, 2.75) is 5.92 Å². The molecule has 0 atom stereocenters. The molecule has 0 heterocycles. The third kappa shape index (κ3) is 5.43. The molecule has 1 aromatic rings. The number of hydrogen-bond donors (Lipinski definition) is 3. The van der Waals surface area contributed by atoms with E-state index in [1.165, 1.54) is 0 Å². The van der Waals surface area contributed by atoms with Crippen molar-refractivity contribution < 1.29 is 18.4 Å². The van der Waals surface area contributed by atoms with Gasteiger partial charge in [-0.1, -0.05) is 18.2 Å². The second kappa shape index (κ2) is 6.79. The minimum absolute atomic E-state index is 0.367. The molecule has 19 heavy (non-hydrogen) atoms. The predicted molar refractivity (Wildman–Crippen MR) is 65.8 cm³/mol. The number of alkyl halides is 2. The van der Waals surface area contributed by atoms with Crippen LogP contribution in [0.3, 0.4) is 0 Å². The van der Waals surface area contributed by atoms with Crippen molar-refractivity contribution in [2.24, 2.45) is 5.73 Å². The van der Waals surface area contributed by atoms with Crippen molar-refractivity contribution in [2.75, 3.05) is 19.6 Å². The van der Waals surface area contributed by atoms with Crippen LogP contribution < -0.4 is 16.4 Å². The highest BCUT2D eigenvalue weighted by Gasteiger charge is 2.27. The summed E-state index contributed by atoms with van der Waals surface area (Å²) in [7, 11) is 0. The van der Waals surface area contributed by atoms with Gasteiger partial charge in [-0.15, -0.1) is 0 Å². The molecule has 104 valence electrons. The van der Waals surface area contributed by atoms with Gasteiger partial charge in [-0.05, 0) is 12.1 Å². The average molecular weight is 271 g/mol. The smallest absolute Gasteiger partial charge is 0.277 e. The Labute approximate surface area is 109 Å². The van der Waals surface area contributed by atoms with E-state index in [4.69, 9.17) is 5.73 Å². The summed E-state index contributed by atoms with van der Waals surface area (Å²) in [6, 6.07) is 8.26. The molecule has 0 spiro atoms. The van der Waals surface area contributed by atoms with E-state index in [9.17, 15) is 18.4 Å². The molecule has 0 bridgehead atoms. The van der Waals surface area contributed by atoms with E-state index in [0.717, 1.165) is 0 Å². The van der Waals surface area contributed by atoms with Crippen LogP contribution in [0.5, 0.6) is 0 Å². The lowest BCUT2D eigenvalue weighted by atomic mass is 10.2. The van der Waals surface area contributed by atoms with Crippen molar-refractivity contribution in [1.29, 1.82) is 0 Å². The lowest BCUT2D eigenvalue weighted by Gasteiger charge is -2.14. The molecule has 0 saturated carbocycles. The first kappa shape index (κ1) is 15.0. The van der Waals surface area contributed by atoms with Gasteiger partial charge >= 0.3 is 0 Å². The number of amides is 2. The van der Waals surface area contributed by atoms with Crippen LogP contribution in [0.4, 0.5) is 8.78 Å². The maximum Gasteiger partial charge on any atom is 0.277 e. The Balaban J connectivity index is 2.33. The molecule has 1 rings (SSSR count). The highest BCUT2D eigenvalue weighted by Crippen LogP contribution is 2.08. The molecule has 0 unspecified atom stereocenters. The van der Waals surface area contributed by atoms with Crippen LogP contribution in [-0.4, -0.2) is 37.4 Å². The van der Waals surface area contributed by atoms with Crippen LogP contribution in [0.1, 0.15) is 10.4 Å². The second-order valence-electron chi connectivity index (χ2n) is 3.89. The Morgan fingerprint density at radius 2 is 1.79 bits per heavy atom. The molecule has 5 nitrogen and oxygen atoms in total. The van der Waals surface area contributed by atoms with Gasteiger partial charge in [-0.3, -0.25) is 9.59 Å². The second-order valence-corrected chi connectivity index (χ2v) is 3.89. The summed E-state index contributed by atoms with van der Waals surface area (Å²) in [5, 5.41) is 4.32. The molecule has 0 radical (unpaired) electrons. The van der Waals surface area contributed by atoms with Crippen LogP contribution >= 0.6 is 0 Å². The Morgan fingerprint density at radius 3 is 2.37 bits per heavy atom. The monoisotopic (exact) mass is 271 g/mol. The predicted octanol–water partition coefficient (Wildman–Crippen LogP) is 0.127. The molecule has 0 fully saturated rings. The normalized spacial score (nSPS) is 10.9. The van der Waals surface area contributed by atoms with Crippen LogP contribution in [0.2, 0.25) is 0 Å². The fraction of sp³-hybridized carbons (Fsp3) is 0.333. The molecule has 0 aliphatic heterocycles. The molecular formula is C12H15F2N3O2. The molecule has 2 amide bonds. The van der Waals surface area contributed by atoms with Crippen molar-refractivity contribution >= 4 is 11.8 Å². The Kier molecular flexibility index (Phi) is 5.37. The molecule has 1 aromatic carbocycles. The van der Waals surface area contributed by atoms with E-state index in [1.807, 2.05) is 5.32 Å². The van der Waals surface area contributed by atoms with Crippen molar-refractivity contribution in [3.8, 4) is 0 Å². The van der Waals surface area contributed by atoms with E-state index < -0.39 is 30.8 Å². The van der Waals surface area contributed by atoms with Gasteiger partial charge in [-0.2, -0.15) is 0 Å². The van der Waals surface area contributed by atoms with Crippen molar-refractivity contribution in [3.05, 3.63) is 35.9 Å². The van der Waals surface area contributed by atoms with Gasteiger partial charge in [-0.25, -0.2) is 8.78 Å². The quantitative estimate of drug-likeness (QED) is 0.687. The Hall–Kier alpha value is -2.02. The number of nitrogens with one attached hydrogen (secondary N) is 2. The summed E-state index contributed by atoms with van der Waals surface area (Å²) >= 11 is 0. The molecule has 0 aromatic heterocycles. The van der Waals surface area contributed by atoms with Crippen molar-refractivity contribution in [3.63, 3.8) is 0 Å². The van der Waals surface area contributed by atoms with Gasteiger partial charge in [0.25, 0.3) is 11.8 Å². The first-order valence-corrected chi connectivity index (χ1v) is 5.62. The summed E-state index contributed by atoms with van der Waals surface area (Å²) in [6.45, 7) is -2.05. The summed E-state index contributed by atoms with van der Waals surface area (Å²) in [5.41, 5.74) is 5.21. The summed E-state index contributed by atoms with van der Waals surface area (Å²) in [6.07, 6.45) is 0. The van der Waals surface area contributed by atoms with Crippen LogP contribution in [0.15, 0.2) is 30.3 Å². The molecule has 0 aliphatic rings. The zero-order chi connectivity index (χ0) is 14.3. The number of hydrogen-bond acceptors (Lipinski definition) is 3. The van der Waals surface area contributed by atoms with Gasteiger partial charge in [0.1, 0.15) is 0 Å². The third-order valence-corrected chi connectivity index (χ3v) is 2.29. The van der Waals surface area contributed by atoms with E-state index in [1.54, 1.807) is 30.3 Å². The van der Waals surface area contributed by atoms with Crippen LogP contribution in [0, 0.1) is 0 Å². The molecule has 4 N–H and O–H groups in total. The fourth-order valence-electron chi connectivity index (χ4n) is 1.21. The first-order valence-electron chi connectivity index (χ1n) is 5.62. The van der Waals surface area contributed by atoms with Gasteiger partial charge < -0.3 is 16.4 Å². The SMILES string of the molecule is NCC(F)(F)CNC(=O)CNC(=O)c1ccccc1. The van der Waals surface area contributed by atoms with Gasteiger partial charge in [0.15, 0.2) is 0 Å².